The van der Waals surface area contributed by atoms with E-state index in [2.05, 4.69) is 0 Å². The van der Waals surface area contributed by atoms with Crippen LogP contribution in [0.2, 0.25) is 5.02 Å². The smallest absolute Gasteiger partial charge is 0.120 e. The second-order valence-corrected chi connectivity index (χ2v) is 5.36. The quantitative estimate of drug-likeness (QED) is 0.875. The van der Waals surface area contributed by atoms with Gasteiger partial charge in [0.2, 0.25) is 0 Å². The zero-order chi connectivity index (χ0) is 12.3. The minimum atomic E-state index is -0.256. The van der Waals surface area contributed by atoms with Crippen molar-refractivity contribution in [3.8, 4) is 5.75 Å². The molecule has 3 heteroatoms. The average Bonchev–Trinajstić information content (AvgIpc) is 2.08. The molecule has 2 nitrogen and oxygen atoms in total. The highest BCUT2D eigenvalue weighted by Crippen LogP contribution is 2.26. The lowest BCUT2D eigenvalue weighted by Gasteiger charge is -2.28. The first-order valence-corrected chi connectivity index (χ1v) is 5.89. The predicted molar refractivity (Wildman–Crippen MR) is 69.2 cm³/mol. The zero-order valence-corrected chi connectivity index (χ0v) is 11.1. The van der Waals surface area contributed by atoms with Gasteiger partial charge in [-0.2, -0.15) is 0 Å². The SMILES string of the molecule is Cc1cc(OC(C)(C)CC(C)N)ccc1Cl. The Morgan fingerprint density at radius 3 is 2.56 bits per heavy atom. The molecule has 0 saturated carbocycles. The molecule has 1 aromatic carbocycles. The third-order valence-corrected chi connectivity index (χ3v) is 2.76. The first-order chi connectivity index (χ1) is 7.30. The van der Waals surface area contributed by atoms with Crippen LogP contribution in [0.3, 0.4) is 0 Å². The lowest BCUT2D eigenvalue weighted by atomic mass is 10.0. The summed E-state index contributed by atoms with van der Waals surface area (Å²) in [5.41, 5.74) is 6.55. The van der Waals surface area contributed by atoms with Crippen LogP contribution in [0.25, 0.3) is 0 Å². The summed E-state index contributed by atoms with van der Waals surface area (Å²) in [4.78, 5) is 0. The van der Waals surface area contributed by atoms with E-state index in [-0.39, 0.29) is 11.6 Å². The van der Waals surface area contributed by atoms with E-state index >= 15 is 0 Å². The molecule has 1 atom stereocenters. The molecule has 0 aliphatic heterocycles. The van der Waals surface area contributed by atoms with Crippen LogP contribution in [0.15, 0.2) is 18.2 Å². The van der Waals surface area contributed by atoms with Gasteiger partial charge in [-0.15, -0.1) is 0 Å². The summed E-state index contributed by atoms with van der Waals surface area (Å²) < 4.78 is 5.91. The fraction of sp³-hybridized carbons (Fsp3) is 0.538. The molecule has 0 amide bonds. The van der Waals surface area contributed by atoms with Crippen LogP contribution >= 0.6 is 11.6 Å². The molecule has 0 bridgehead atoms. The van der Waals surface area contributed by atoms with E-state index in [1.165, 1.54) is 0 Å². The summed E-state index contributed by atoms with van der Waals surface area (Å²) in [5, 5.41) is 0.761. The number of aryl methyl sites for hydroxylation is 1. The Balaban J connectivity index is 2.76. The molecule has 0 radical (unpaired) electrons. The maximum Gasteiger partial charge on any atom is 0.120 e. The molecule has 0 aromatic heterocycles. The number of rotatable bonds is 4. The molecule has 16 heavy (non-hydrogen) atoms. The number of halogens is 1. The van der Waals surface area contributed by atoms with Crippen LogP contribution in [0.4, 0.5) is 0 Å². The molecule has 0 aliphatic rings. The first-order valence-electron chi connectivity index (χ1n) is 5.51. The zero-order valence-electron chi connectivity index (χ0n) is 10.4. The number of ether oxygens (including phenoxy) is 1. The van der Waals surface area contributed by atoms with Gasteiger partial charge in [0.15, 0.2) is 0 Å². The van der Waals surface area contributed by atoms with Crippen LogP contribution in [0.1, 0.15) is 32.8 Å². The van der Waals surface area contributed by atoms with Crippen molar-refractivity contribution in [3.63, 3.8) is 0 Å². The highest BCUT2D eigenvalue weighted by Gasteiger charge is 2.21. The summed E-state index contributed by atoms with van der Waals surface area (Å²) >= 11 is 5.96. The van der Waals surface area contributed by atoms with Crippen molar-refractivity contribution in [2.24, 2.45) is 5.73 Å². The number of benzene rings is 1. The fourth-order valence-electron chi connectivity index (χ4n) is 1.82. The van der Waals surface area contributed by atoms with Gasteiger partial charge in [0.1, 0.15) is 11.4 Å². The van der Waals surface area contributed by atoms with Gasteiger partial charge in [-0.3, -0.25) is 0 Å². The molecule has 1 unspecified atom stereocenters. The third-order valence-electron chi connectivity index (χ3n) is 2.34. The highest BCUT2D eigenvalue weighted by atomic mass is 35.5. The van der Waals surface area contributed by atoms with Crippen molar-refractivity contribution in [2.45, 2.75) is 45.8 Å². The predicted octanol–water partition coefficient (Wildman–Crippen LogP) is 3.54. The van der Waals surface area contributed by atoms with E-state index in [1.807, 2.05) is 45.9 Å². The largest absolute Gasteiger partial charge is 0.488 e. The molecule has 0 aliphatic carbocycles. The van der Waals surface area contributed by atoms with E-state index in [0.717, 1.165) is 22.8 Å². The van der Waals surface area contributed by atoms with E-state index in [4.69, 9.17) is 22.1 Å². The second-order valence-electron chi connectivity index (χ2n) is 4.95. The molecule has 1 aromatic rings. The van der Waals surface area contributed by atoms with Crippen LogP contribution in [0.5, 0.6) is 5.75 Å². The average molecular weight is 242 g/mol. The third kappa shape index (κ3) is 4.03. The van der Waals surface area contributed by atoms with Gasteiger partial charge in [-0.1, -0.05) is 11.6 Å². The van der Waals surface area contributed by atoms with Gasteiger partial charge in [-0.25, -0.2) is 0 Å². The summed E-state index contributed by atoms with van der Waals surface area (Å²) in [6.45, 7) is 8.03. The maximum absolute atomic E-state index is 5.96. The van der Waals surface area contributed by atoms with E-state index in [9.17, 15) is 0 Å². The molecule has 0 spiro atoms. The molecular formula is C13H20ClNO. The highest BCUT2D eigenvalue weighted by molar-refractivity contribution is 6.31. The monoisotopic (exact) mass is 241 g/mol. The van der Waals surface area contributed by atoms with Crippen LogP contribution in [-0.4, -0.2) is 11.6 Å². The van der Waals surface area contributed by atoms with Crippen molar-refractivity contribution >= 4 is 11.6 Å². The molecule has 1 rings (SSSR count). The Hall–Kier alpha value is -0.730. The normalized spacial score (nSPS) is 13.6. The standard InChI is InChI=1S/C13H20ClNO/c1-9-7-11(5-6-12(9)14)16-13(3,4)8-10(2)15/h5-7,10H,8,15H2,1-4H3. The molecule has 0 saturated heterocycles. The minimum Gasteiger partial charge on any atom is -0.488 e. The second kappa shape index (κ2) is 5.07. The van der Waals surface area contributed by atoms with Crippen LogP contribution in [0, 0.1) is 6.92 Å². The summed E-state index contributed by atoms with van der Waals surface area (Å²) in [7, 11) is 0. The summed E-state index contributed by atoms with van der Waals surface area (Å²) in [6.07, 6.45) is 0.814. The number of nitrogens with two attached hydrogens (primary N) is 1. The van der Waals surface area contributed by atoms with Gasteiger partial charge in [-0.05, 0) is 51.5 Å². The molecule has 2 N–H and O–H groups in total. The van der Waals surface area contributed by atoms with Crippen LogP contribution in [-0.2, 0) is 0 Å². The Morgan fingerprint density at radius 2 is 2.06 bits per heavy atom. The van der Waals surface area contributed by atoms with E-state index in [1.54, 1.807) is 0 Å². The molecule has 0 fully saturated rings. The van der Waals surface area contributed by atoms with Gasteiger partial charge in [0.25, 0.3) is 0 Å². The van der Waals surface area contributed by atoms with E-state index in [0.29, 0.717) is 0 Å². The lowest BCUT2D eigenvalue weighted by Crippen LogP contribution is -2.35. The fourth-order valence-corrected chi connectivity index (χ4v) is 1.93. The van der Waals surface area contributed by atoms with Gasteiger partial charge in [0, 0.05) is 17.5 Å². The van der Waals surface area contributed by atoms with Gasteiger partial charge in [0.05, 0.1) is 0 Å². The Kier molecular flexibility index (Phi) is 4.22. The number of hydrogen-bond donors (Lipinski definition) is 1. The molecule has 0 heterocycles. The van der Waals surface area contributed by atoms with Crippen molar-refractivity contribution in [1.29, 1.82) is 0 Å². The van der Waals surface area contributed by atoms with Crippen molar-refractivity contribution in [1.82, 2.24) is 0 Å². The minimum absolute atomic E-state index is 0.128. The molecular weight excluding hydrogens is 222 g/mol. The molecule has 90 valence electrons. The first kappa shape index (κ1) is 13.3. The van der Waals surface area contributed by atoms with E-state index < -0.39 is 0 Å². The lowest BCUT2D eigenvalue weighted by molar-refractivity contribution is 0.0933. The number of hydrogen-bond acceptors (Lipinski definition) is 2. The van der Waals surface area contributed by atoms with Crippen molar-refractivity contribution < 1.29 is 4.74 Å². The summed E-state index contributed by atoms with van der Waals surface area (Å²) in [5.74, 6) is 0.840. The summed E-state index contributed by atoms with van der Waals surface area (Å²) in [6, 6.07) is 5.82. The van der Waals surface area contributed by atoms with Gasteiger partial charge < -0.3 is 10.5 Å². The van der Waals surface area contributed by atoms with Crippen molar-refractivity contribution in [2.75, 3.05) is 0 Å². The van der Waals surface area contributed by atoms with Gasteiger partial charge >= 0.3 is 0 Å². The Bertz CT molecular complexity index is 361. The van der Waals surface area contributed by atoms with Crippen molar-refractivity contribution in [3.05, 3.63) is 28.8 Å². The van der Waals surface area contributed by atoms with Crippen LogP contribution < -0.4 is 10.5 Å². The topological polar surface area (TPSA) is 35.2 Å². The maximum atomic E-state index is 5.96. The Labute approximate surface area is 103 Å². The Morgan fingerprint density at radius 1 is 1.44 bits per heavy atom.